The number of cyclic esters (lactones) is 1. The molecule has 14 atom stereocenters. The average molecular weight is 1220 g/mol. The summed E-state index contributed by atoms with van der Waals surface area (Å²) in [5.41, 5.74) is 4.05. The molecule has 25 nitrogen and oxygen atoms in total. The van der Waals surface area contributed by atoms with Crippen LogP contribution in [0.1, 0.15) is 143 Å². The number of carbonyl (C=O) groups excluding carboxylic acids is 6. The number of carbonyl (C=O) groups is 6. The minimum absolute atomic E-state index is 0.156. The first-order valence-corrected chi connectivity index (χ1v) is 30.4. The molecule has 4 heterocycles. The Morgan fingerprint density at radius 2 is 1.48 bits per heavy atom. The van der Waals surface area contributed by atoms with Crippen molar-refractivity contribution in [2.45, 2.75) is 227 Å². The number of fused-ring (bicyclic) bond motifs is 1. The van der Waals surface area contributed by atoms with Crippen molar-refractivity contribution < 1.29 is 71.8 Å². The molecule has 86 heavy (non-hydrogen) atoms. The zero-order valence-corrected chi connectivity index (χ0v) is 54.3. The lowest BCUT2D eigenvalue weighted by atomic mass is 9.78. The van der Waals surface area contributed by atoms with Crippen molar-refractivity contribution in [1.29, 1.82) is 0 Å². The summed E-state index contributed by atoms with van der Waals surface area (Å²) in [7, 11) is 1.52. The number of nitrogens with two attached hydrogens (primary N) is 1. The fourth-order valence-electron chi connectivity index (χ4n) is 11.5. The second-order valence-corrected chi connectivity index (χ2v) is 26.9. The maximum absolute atomic E-state index is 14.9. The fourth-order valence-corrected chi connectivity index (χ4v) is 11.5. The van der Waals surface area contributed by atoms with Gasteiger partial charge in [-0.1, -0.05) is 45.0 Å². The standard InChI is InChI=1S/C61H102N10O15/c1-19-45-61(17)49(71(56(78)86-61)28-21-20-27-70-34-43(67-68-70)41-23-22-24-42(31-41)66-55(77)85-59(13,14)15)40(6)65-33-36(2)32-60(16,79-18)50(38(4)47(72)39(5)51(74)81-45)82-52-48(73)46(62)37(3)44(80-52)35-69(29-25-63-53(75)83-57(7,8)9)30-26-64-54(76)84-58(10,11)12/h22-24,31,34,36-40,44-46,48-50,52,65,73H,19-21,25-30,32-33,35,62H2,1-18H3,(H,63,75)(H,64,76)(H,66,77)/t36-,37+,38+,39-,40-,44?,45-,46?,48?,49-,50-,52+,60-,61-/m1/s1. The molecule has 3 saturated heterocycles. The second kappa shape index (κ2) is 30.0. The van der Waals surface area contributed by atoms with E-state index >= 15 is 0 Å². The number of aromatic nitrogens is 3. The van der Waals surface area contributed by atoms with Crippen LogP contribution in [0.15, 0.2) is 30.5 Å². The Labute approximate surface area is 508 Å². The highest BCUT2D eigenvalue weighted by Gasteiger charge is 2.59. The number of amides is 4. The normalized spacial score (nSPS) is 29.9. The van der Waals surface area contributed by atoms with Gasteiger partial charge < -0.3 is 64.7 Å². The topological polar surface area (TPSA) is 308 Å². The number of hydrogen-bond acceptors (Lipinski definition) is 20. The van der Waals surface area contributed by atoms with Crippen LogP contribution in [0.4, 0.5) is 24.9 Å². The van der Waals surface area contributed by atoms with Crippen LogP contribution in [0.2, 0.25) is 0 Å². The molecule has 0 saturated carbocycles. The molecule has 1 aromatic heterocycles. The summed E-state index contributed by atoms with van der Waals surface area (Å²) >= 11 is 0. The van der Waals surface area contributed by atoms with E-state index in [1.807, 2.05) is 57.8 Å². The molecule has 7 N–H and O–H groups in total. The van der Waals surface area contributed by atoms with E-state index in [0.29, 0.717) is 63.4 Å². The molecule has 3 fully saturated rings. The Bertz CT molecular complexity index is 2550. The lowest BCUT2D eigenvalue weighted by Crippen LogP contribution is -2.63. The second-order valence-electron chi connectivity index (χ2n) is 26.9. The summed E-state index contributed by atoms with van der Waals surface area (Å²) in [5.74, 6) is -4.27. The summed E-state index contributed by atoms with van der Waals surface area (Å²) in [5, 5.41) is 32.6. The number of unbranched alkanes of at least 4 members (excludes halogenated alkanes) is 1. The molecule has 0 spiro atoms. The fraction of sp³-hybridized carbons (Fsp3) is 0.770. The Morgan fingerprint density at radius 3 is 2.06 bits per heavy atom. The number of aliphatic hydroxyl groups is 1. The Hall–Kier alpha value is -5.70. The molecule has 0 radical (unpaired) electrons. The van der Waals surface area contributed by atoms with Crippen molar-refractivity contribution in [3.05, 3.63) is 30.5 Å². The van der Waals surface area contributed by atoms with Gasteiger partial charge in [0.2, 0.25) is 0 Å². The number of methoxy groups -OCH3 is 1. The van der Waals surface area contributed by atoms with Crippen molar-refractivity contribution in [2.75, 3.05) is 58.2 Å². The molecule has 0 aliphatic carbocycles. The first-order valence-electron chi connectivity index (χ1n) is 30.4. The first-order chi connectivity index (χ1) is 40.0. The molecular formula is C61H102N10O15. The quantitative estimate of drug-likeness (QED) is 0.0356. The van der Waals surface area contributed by atoms with Crippen LogP contribution < -0.4 is 27.0 Å². The van der Waals surface area contributed by atoms with Crippen molar-refractivity contribution in [2.24, 2.45) is 29.4 Å². The maximum Gasteiger partial charge on any atom is 0.412 e. The number of benzene rings is 1. The molecule has 486 valence electrons. The SMILES string of the molecule is CC[C@H]1OC(=O)[C@H](C)C(=O)[C@H](C)[C@@H](O[C@@H]2OC(CN(CCNC(=O)OC(C)(C)C)CCNC(=O)OC(C)(C)C)[C@H](C)C(N)C2O)[C@](C)(OC)C[C@@H](C)CN[C@H](C)[C@H]2N(CCCCn3cc(-c4cccc(NC(=O)OC(C)(C)C)c4)nn3)C(=O)O[C@]12C. The summed E-state index contributed by atoms with van der Waals surface area (Å²) in [6, 6.07) is 5.34. The van der Waals surface area contributed by atoms with Gasteiger partial charge in [-0.25, -0.2) is 19.2 Å². The highest BCUT2D eigenvalue weighted by molar-refractivity contribution is 6.00. The molecule has 3 aliphatic rings. The number of nitrogens with one attached hydrogen (secondary N) is 4. The molecule has 3 aliphatic heterocycles. The third-order valence-electron chi connectivity index (χ3n) is 16.0. The van der Waals surface area contributed by atoms with E-state index < -0.39 is 131 Å². The van der Waals surface area contributed by atoms with Crippen LogP contribution in [-0.4, -0.2) is 196 Å². The third kappa shape index (κ3) is 19.9. The van der Waals surface area contributed by atoms with Crippen LogP contribution in [0.5, 0.6) is 0 Å². The summed E-state index contributed by atoms with van der Waals surface area (Å²) < 4.78 is 50.5. The van der Waals surface area contributed by atoms with Gasteiger partial charge in [-0.2, -0.15) is 0 Å². The molecular weight excluding hydrogens is 1110 g/mol. The predicted molar refractivity (Wildman–Crippen MR) is 322 cm³/mol. The van der Waals surface area contributed by atoms with Gasteiger partial charge in [0.25, 0.3) is 0 Å². The number of esters is 1. The number of hydrogen-bond donors (Lipinski definition) is 6. The molecule has 3 unspecified atom stereocenters. The van der Waals surface area contributed by atoms with E-state index in [1.54, 1.807) is 97.9 Å². The Balaban J connectivity index is 1.34. The number of nitrogens with zero attached hydrogens (tertiary/aromatic N) is 5. The summed E-state index contributed by atoms with van der Waals surface area (Å²) in [4.78, 5) is 84.8. The van der Waals surface area contributed by atoms with Gasteiger partial charge in [-0.05, 0) is 140 Å². The first kappa shape index (κ1) is 71.1. The van der Waals surface area contributed by atoms with E-state index in [4.69, 9.17) is 43.6 Å². The van der Waals surface area contributed by atoms with E-state index in [2.05, 4.69) is 31.6 Å². The summed E-state index contributed by atoms with van der Waals surface area (Å²) in [6.07, 6.45) is -4.21. The van der Waals surface area contributed by atoms with Gasteiger partial charge in [-0.15, -0.1) is 5.10 Å². The van der Waals surface area contributed by atoms with Gasteiger partial charge in [0, 0.05) is 88.1 Å². The minimum Gasteiger partial charge on any atom is -0.458 e. The van der Waals surface area contributed by atoms with Crippen molar-refractivity contribution in [3.8, 4) is 11.3 Å². The monoisotopic (exact) mass is 1210 g/mol. The lowest BCUT2D eigenvalue weighted by molar-refractivity contribution is -0.301. The predicted octanol–water partition coefficient (Wildman–Crippen LogP) is 7.02. The summed E-state index contributed by atoms with van der Waals surface area (Å²) in [6.45, 7) is 32.9. The van der Waals surface area contributed by atoms with Crippen LogP contribution in [-0.2, 0) is 54.0 Å². The van der Waals surface area contributed by atoms with E-state index in [-0.39, 0.29) is 32.0 Å². The molecule has 2 aromatic rings. The molecule has 0 bridgehead atoms. The lowest BCUT2D eigenvalue weighted by Gasteiger charge is -2.48. The van der Waals surface area contributed by atoms with Gasteiger partial charge in [0.05, 0.1) is 30.0 Å². The highest BCUT2D eigenvalue weighted by Crippen LogP contribution is 2.40. The van der Waals surface area contributed by atoms with Crippen molar-refractivity contribution in [3.63, 3.8) is 0 Å². The zero-order chi connectivity index (χ0) is 64.3. The molecule has 5 rings (SSSR count). The van der Waals surface area contributed by atoms with E-state index in [1.165, 1.54) is 14.0 Å². The zero-order valence-electron chi connectivity index (χ0n) is 54.3. The van der Waals surface area contributed by atoms with Gasteiger partial charge in [-0.3, -0.25) is 29.4 Å². The average Bonchev–Trinajstić information content (AvgIpc) is 1.60. The van der Waals surface area contributed by atoms with Crippen molar-refractivity contribution in [1.82, 2.24) is 40.7 Å². The minimum atomic E-state index is -1.38. The maximum atomic E-state index is 14.9. The smallest absolute Gasteiger partial charge is 0.412 e. The number of rotatable bonds is 19. The third-order valence-corrected chi connectivity index (χ3v) is 16.0. The Kier molecular flexibility index (Phi) is 24.8. The molecule has 4 amide bonds. The largest absolute Gasteiger partial charge is 0.458 e. The molecule has 25 heteroatoms. The van der Waals surface area contributed by atoms with Crippen LogP contribution >= 0.6 is 0 Å². The number of ketones is 1. The van der Waals surface area contributed by atoms with E-state index in [9.17, 15) is 33.9 Å². The number of ether oxygens (including phenoxy) is 8. The molecule has 1 aromatic carbocycles. The van der Waals surface area contributed by atoms with Crippen LogP contribution in [0.3, 0.4) is 0 Å². The highest BCUT2D eigenvalue weighted by atomic mass is 16.7. The number of anilines is 1. The number of alkyl carbamates (subject to hydrolysis) is 2. The van der Waals surface area contributed by atoms with Gasteiger partial charge >= 0.3 is 30.3 Å². The van der Waals surface area contributed by atoms with Gasteiger partial charge in [0.1, 0.15) is 40.6 Å². The van der Waals surface area contributed by atoms with Crippen LogP contribution in [0.25, 0.3) is 11.3 Å². The van der Waals surface area contributed by atoms with Gasteiger partial charge in [0.15, 0.2) is 17.7 Å². The number of aliphatic hydroxyl groups excluding tert-OH is 1. The van der Waals surface area contributed by atoms with Crippen LogP contribution in [0, 0.1) is 23.7 Å². The Morgan fingerprint density at radius 1 is 0.884 bits per heavy atom. The van der Waals surface area contributed by atoms with Crippen molar-refractivity contribution >= 4 is 41.8 Å². The van der Waals surface area contributed by atoms with E-state index in [0.717, 1.165) is 5.56 Å². The number of Topliss-reactive ketones (excluding diaryl/α,β-unsaturated/α-hetero) is 1. The number of aryl methyl sites for hydroxylation is 1.